The fourth-order valence-corrected chi connectivity index (χ4v) is 1.62. The molecule has 0 aliphatic carbocycles. The number of carbonyl (C=O) groups excluding carboxylic acids is 1. The van der Waals surface area contributed by atoms with E-state index in [9.17, 15) is 10.0 Å². The topological polar surface area (TPSA) is 79.3 Å². The van der Waals surface area contributed by atoms with Crippen molar-refractivity contribution in [2.75, 3.05) is 12.3 Å². The summed E-state index contributed by atoms with van der Waals surface area (Å²) in [7, 11) is 0. The van der Waals surface area contributed by atoms with Gasteiger partial charge in [-0.25, -0.2) is 9.52 Å². The quantitative estimate of drug-likeness (QED) is 0.480. The van der Waals surface area contributed by atoms with Gasteiger partial charge in [-0.2, -0.15) is 0 Å². The third kappa shape index (κ3) is 1.99. The Bertz CT molecular complexity index is 581. The number of nitrogens with zero attached hydrogens (tertiary/aromatic N) is 1. The summed E-state index contributed by atoms with van der Waals surface area (Å²) >= 11 is 0. The summed E-state index contributed by atoms with van der Waals surface area (Å²) in [6.07, 6.45) is 1.31. The van der Waals surface area contributed by atoms with Crippen molar-refractivity contribution in [3.05, 3.63) is 41.2 Å². The van der Waals surface area contributed by atoms with Crippen LogP contribution < -0.4 is 10.5 Å². The van der Waals surface area contributed by atoms with Crippen LogP contribution in [-0.4, -0.2) is 12.6 Å². The van der Waals surface area contributed by atoms with Crippen molar-refractivity contribution < 1.29 is 14.3 Å². The Balaban J connectivity index is 2.52. The molecule has 0 radical (unpaired) electrons. The van der Waals surface area contributed by atoms with E-state index in [0.717, 1.165) is 5.39 Å². The third-order valence-electron chi connectivity index (χ3n) is 2.47. The van der Waals surface area contributed by atoms with Crippen molar-refractivity contribution in [2.24, 2.45) is 0 Å². The van der Waals surface area contributed by atoms with Gasteiger partial charge in [0.15, 0.2) is 0 Å². The molecule has 0 saturated heterocycles. The summed E-state index contributed by atoms with van der Waals surface area (Å²) in [5, 5.41) is 12.6. The lowest BCUT2D eigenvalue weighted by atomic mass is 10.1. The van der Waals surface area contributed by atoms with Gasteiger partial charge in [0.2, 0.25) is 0 Å². The number of esters is 1. The van der Waals surface area contributed by atoms with E-state index >= 15 is 0 Å². The van der Waals surface area contributed by atoms with Crippen LogP contribution in [0.4, 0.5) is 5.82 Å². The van der Waals surface area contributed by atoms with Gasteiger partial charge in [0, 0.05) is 0 Å². The fourth-order valence-electron chi connectivity index (χ4n) is 1.62. The van der Waals surface area contributed by atoms with Gasteiger partial charge < -0.3 is 9.94 Å². The average Bonchev–Trinajstić information content (AvgIpc) is 2.34. The molecule has 2 rings (SSSR count). The molecule has 0 aliphatic heterocycles. The van der Waals surface area contributed by atoms with E-state index in [1.165, 1.54) is 6.20 Å². The first kappa shape index (κ1) is 11.2. The zero-order valence-corrected chi connectivity index (χ0v) is 9.34. The highest BCUT2D eigenvalue weighted by Crippen LogP contribution is 2.19. The van der Waals surface area contributed by atoms with Gasteiger partial charge in [-0.15, -0.1) is 0 Å². The van der Waals surface area contributed by atoms with Gasteiger partial charge >= 0.3 is 5.97 Å². The summed E-state index contributed by atoms with van der Waals surface area (Å²) in [4.78, 5) is 11.5. The van der Waals surface area contributed by atoms with E-state index in [-0.39, 0.29) is 11.8 Å². The van der Waals surface area contributed by atoms with Gasteiger partial charge in [-0.1, -0.05) is 0 Å². The van der Waals surface area contributed by atoms with Gasteiger partial charge in [0.25, 0.3) is 5.82 Å². The minimum atomic E-state index is -0.383. The summed E-state index contributed by atoms with van der Waals surface area (Å²) in [5.41, 5.74) is 6.08. The zero-order chi connectivity index (χ0) is 12.4. The standard InChI is InChI=1S/C12H12N2O3/c1-2-17-12(15)9-3-4-10-8(7-9)5-6-14(16)11(10)13/h3-7H,2,13H2,1H3. The predicted octanol–water partition coefficient (Wildman–Crippen LogP) is 1.23. The molecule has 0 amide bonds. The highest BCUT2D eigenvalue weighted by atomic mass is 16.5. The number of hydrogen-bond donors (Lipinski definition) is 1. The second kappa shape index (κ2) is 4.29. The molecule has 0 bridgehead atoms. The molecular formula is C12H12N2O3. The van der Waals surface area contributed by atoms with Gasteiger partial charge in [0.05, 0.1) is 23.8 Å². The Kier molecular flexibility index (Phi) is 2.82. The molecule has 0 atom stereocenters. The van der Waals surface area contributed by atoms with Crippen LogP contribution in [0.25, 0.3) is 10.8 Å². The number of anilines is 1. The fraction of sp³-hybridized carbons (Fsp3) is 0.167. The lowest BCUT2D eigenvalue weighted by Gasteiger charge is -2.08. The maximum Gasteiger partial charge on any atom is 0.338 e. The van der Waals surface area contributed by atoms with Crippen LogP contribution >= 0.6 is 0 Å². The van der Waals surface area contributed by atoms with Crippen LogP contribution in [0.1, 0.15) is 17.3 Å². The SMILES string of the molecule is CCOC(=O)c1ccc2c(N)[n+]([O-])ccc2c1. The second-order valence-corrected chi connectivity index (χ2v) is 3.55. The van der Waals surface area contributed by atoms with E-state index in [0.29, 0.717) is 22.3 Å². The first-order valence-corrected chi connectivity index (χ1v) is 5.22. The molecule has 2 aromatic rings. The Morgan fingerprint density at radius 3 is 2.94 bits per heavy atom. The molecule has 1 aromatic carbocycles. The van der Waals surface area contributed by atoms with Gasteiger partial charge in [0.1, 0.15) is 0 Å². The van der Waals surface area contributed by atoms with Crippen LogP contribution in [0.2, 0.25) is 0 Å². The van der Waals surface area contributed by atoms with Crippen molar-refractivity contribution in [3.63, 3.8) is 0 Å². The first-order chi connectivity index (χ1) is 8.13. The van der Waals surface area contributed by atoms with E-state index in [4.69, 9.17) is 10.5 Å². The zero-order valence-electron chi connectivity index (χ0n) is 9.34. The van der Waals surface area contributed by atoms with Crippen LogP contribution in [0.3, 0.4) is 0 Å². The molecule has 0 aliphatic rings. The van der Waals surface area contributed by atoms with Gasteiger partial charge in [-0.05, 0) is 36.6 Å². The summed E-state index contributed by atoms with van der Waals surface area (Å²) in [5.74, 6) is -0.260. The number of benzene rings is 1. The van der Waals surface area contributed by atoms with Crippen molar-refractivity contribution in [1.82, 2.24) is 0 Å². The Morgan fingerprint density at radius 1 is 1.47 bits per heavy atom. The normalized spacial score (nSPS) is 10.4. The maximum atomic E-state index is 11.5. The molecule has 0 saturated carbocycles. The molecule has 0 fully saturated rings. The molecule has 2 N–H and O–H groups in total. The Morgan fingerprint density at radius 2 is 2.24 bits per heavy atom. The Hall–Kier alpha value is -2.30. The van der Waals surface area contributed by atoms with Gasteiger partial charge in [-0.3, -0.25) is 5.73 Å². The molecule has 0 spiro atoms. The van der Waals surface area contributed by atoms with Crippen molar-refractivity contribution in [3.8, 4) is 0 Å². The number of rotatable bonds is 2. The largest absolute Gasteiger partial charge is 0.711 e. The van der Waals surface area contributed by atoms with Crippen molar-refractivity contribution in [1.29, 1.82) is 0 Å². The van der Waals surface area contributed by atoms with E-state index < -0.39 is 0 Å². The number of carbonyl (C=O) groups is 1. The number of hydrogen-bond acceptors (Lipinski definition) is 4. The Labute approximate surface area is 98.0 Å². The highest BCUT2D eigenvalue weighted by Gasteiger charge is 2.10. The van der Waals surface area contributed by atoms with Crippen LogP contribution in [0.15, 0.2) is 30.5 Å². The van der Waals surface area contributed by atoms with E-state index in [2.05, 4.69) is 0 Å². The summed E-state index contributed by atoms with van der Waals surface area (Å²) in [6, 6.07) is 6.51. The summed E-state index contributed by atoms with van der Waals surface area (Å²) < 4.78 is 5.48. The summed E-state index contributed by atoms with van der Waals surface area (Å²) in [6.45, 7) is 2.08. The number of fused-ring (bicyclic) bond motifs is 1. The van der Waals surface area contributed by atoms with Crippen LogP contribution in [0, 0.1) is 5.21 Å². The number of pyridine rings is 1. The average molecular weight is 232 g/mol. The van der Waals surface area contributed by atoms with Crippen LogP contribution in [0.5, 0.6) is 0 Å². The minimum absolute atomic E-state index is 0.123. The first-order valence-electron chi connectivity index (χ1n) is 5.22. The molecule has 1 heterocycles. The maximum absolute atomic E-state index is 11.5. The number of ether oxygens (including phenoxy) is 1. The molecular weight excluding hydrogens is 220 g/mol. The highest BCUT2D eigenvalue weighted by molar-refractivity contribution is 5.97. The van der Waals surface area contributed by atoms with Crippen molar-refractivity contribution in [2.45, 2.75) is 6.92 Å². The second-order valence-electron chi connectivity index (χ2n) is 3.55. The molecule has 1 aromatic heterocycles. The molecule has 88 valence electrons. The lowest BCUT2D eigenvalue weighted by Crippen LogP contribution is -2.29. The minimum Gasteiger partial charge on any atom is -0.711 e. The number of nitrogen functional groups attached to an aromatic ring is 1. The van der Waals surface area contributed by atoms with Crippen LogP contribution in [-0.2, 0) is 4.74 Å². The predicted molar refractivity (Wildman–Crippen MR) is 63.3 cm³/mol. The monoisotopic (exact) mass is 232 g/mol. The lowest BCUT2D eigenvalue weighted by molar-refractivity contribution is -0.588. The third-order valence-corrected chi connectivity index (χ3v) is 2.47. The molecule has 17 heavy (non-hydrogen) atoms. The van der Waals surface area contributed by atoms with E-state index in [1.807, 2.05) is 0 Å². The van der Waals surface area contributed by atoms with E-state index in [1.54, 1.807) is 31.2 Å². The molecule has 0 unspecified atom stereocenters. The molecule has 5 heteroatoms. The van der Waals surface area contributed by atoms with Crippen molar-refractivity contribution >= 4 is 22.6 Å². The number of aromatic nitrogens is 1. The molecule has 5 nitrogen and oxygen atoms in total. The number of nitrogens with two attached hydrogens (primary N) is 1. The smallest absolute Gasteiger partial charge is 0.338 e.